The molecule has 1 heteroatoms. The van der Waals surface area contributed by atoms with Crippen molar-refractivity contribution in [3.05, 3.63) is 35.4 Å². The lowest BCUT2D eigenvalue weighted by Gasteiger charge is -2.09. The van der Waals surface area contributed by atoms with E-state index in [1.165, 1.54) is 6.42 Å². The van der Waals surface area contributed by atoms with Crippen LogP contribution in [0.5, 0.6) is 0 Å². The van der Waals surface area contributed by atoms with E-state index in [9.17, 15) is 0 Å². The highest BCUT2D eigenvalue weighted by Gasteiger charge is 2.61. The summed E-state index contributed by atoms with van der Waals surface area (Å²) in [6, 6.07) is 8.85. The summed E-state index contributed by atoms with van der Waals surface area (Å²) >= 11 is 0. The van der Waals surface area contributed by atoms with Gasteiger partial charge in [0.25, 0.3) is 0 Å². The monoisotopic (exact) mass is 158 g/mol. The van der Waals surface area contributed by atoms with Gasteiger partial charge in [-0.15, -0.1) is 0 Å². The van der Waals surface area contributed by atoms with Crippen LogP contribution in [-0.4, -0.2) is 12.2 Å². The predicted octanol–water partition coefficient (Wildman–Crippen LogP) is 2.04. The quantitative estimate of drug-likeness (QED) is 0.526. The molecule has 3 aliphatic rings. The Bertz CT molecular complexity index is 325. The Morgan fingerprint density at radius 3 is 2.17 bits per heavy atom. The lowest BCUT2D eigenvalue weighted by molar-refractivity contribution is 0.297. The minimum atomic E-state index is 0.602. The molecule has 2 bridgehead atoms. The molecule has 1 aliphatic heterocycles. The smallest absolute Gasteiger partial charge is 0.0916 e. The SMILES string of the molecule is c1ccc2c(c1)[C@H]1C[C@@H]2[C@@H]2O[C@@H]21. The molecular formula is C11H10O. The molecule has 12 heavy (non-hydrogen) atoms. The van der Waals surface area contributed by atoms with Crippen molar-refractivity contribution in [3.63, 3.8) is 0 Å². The van der Waals surface area contributed by atoms with Crippen molar-refractivity contribution in [2.75, 3.05) is 0 Å². The Morgan fingerprint density at radius 1 is 1.00 bits per heavy atom. The van der Waals surface area contributed by atoms with Crippen molar-refractivity contribution in [2.24, 2.45) is 0 Å². The van der Waals surface area contributed by atoms with E-state index in [1.807, 2.05) is 0 Å². The van der Waals surface area contributed by atoms with E-state index in [1.54, 1.807) is 11.1 Å². The van der Waals surface area contributed by atoms with Gasteiger partial charge in [-0.05, 0) is 17.5 Å². The number of ether oxygens (including phenoxy) is 1. The minimum absolute atomic E-state index is 0.602. The molecule has 0 unspecified atom stereocenters. The van der Waals surface area contributed by atoms with E-state index in [0.717, 1.165) is 11.8 Å². The molecule has 4 rings (SSSR count). The van der Waals surface area contributed by atoms with Gasteiger partial charge in [0.1, 0.15) is 0 Å². The molecule has 1 heterocycles. The van der Waals surface area contributed by atoms with Crippen LogP contribution in [0.3, 0.4) is 0 Å². The molecule has 0 N–H and O–H groups in total. The third-order valence-electron chi connectivity index (χ3n) is 3.66. The third-order valence-corrected chi connectivity index (χ3v) is 3.66. The second-order valence-electron chi connectivity index (χ2n) is 4.14. The number of fused-ring (bicyclic) bond motifs is 8. The van der Waals surface area contributed by atoms with Crippen LogP contribution >= 0.6 is 0 Å². The molecule has 60 valence electrons. The molecular weight excluding hydrogens is 148 g/mol. The topological polar surface area (TPSA) is 12.5 Å². The van der Waals surface area contributed by atoms with Crippen molar-refractivity contribution >= 4 is 0 Å². The van der Waals surface area contributed by atoms with Gasteiger partial charge in [-0.25, -0.2) is 0 Å². The number of rotatable bonds is 0. The molecule has 1 aromatic carbocycles. The zero-order valence-corrected chi connectivity index (χ0v) is 6.73. The Balaban J connectivity index is 2.01. The largest absolute Gasteiger partial charge is 0.368 e. The maximum absolute atomic E-state index is 5.62. The highest BCUT2D eigenvalue weighted by molar-refractivity contribution is 5.46. The lowest BCUT2D eigenvalue weighted by Crippen LogP contribution is -2.06. The van der Waals surface area contributed by atoms with E-state index in [2.05, 4.69) is 24.3 Å². The van der Waals surface area contributed by atoms with Crippen LogP contribution in [0.4, 0.5) is 0 Å². The van der Waals surface area contributed by atoms with Gasteiger partial charge < -0.3 is 4.74 Å². The summed E-state index contributed by atoms with van der Waals surface area (Å²) in [5.41, 5.74) is 3.14. The molecule has 0 radical (unpaired) electrons. The fourth-order valence-corrected chi connectivity index (χ4v) is 3.12. The molecule has 2 aliphatic carbocycles. The average molecular weight is 158 g/mol. The fourth-order valence-electron chi connectivity index (χ4n) is 3.12. The highest BCUT2D eigenvalue weighted by atomic mass is 16.6. The average Bonchev–Trinajstić information content (AvgIpc) is 2.74. The van der Waals surface area contributed by atoms with Crippen molar-refractivity contribution < 1.29 is 4.74 Å². The van der Waals surface area contributed by atoms with Crippen LogP contribution in [0.15, 0.2) is 24.3 Å². The van der Waals surface area contributed by atoms with Gasteiger partial charge in [0, 0.05) is 11.8 Å². The first-order valence-electron chi connectivity index (χ1n) is 4.69. The van der Waals surface area contributed by atoms with Gasteiger partial charge in [-0.1, -0.05) is 24.3 Å². The van der Waals surface area contributed by atoms with Crippen molar-refractivity contribution in [1.82, 2.24) is 0 Å². The van der Waals surface area contributed by atoms with E-state index in [0.29, 0.717) is 12.2 Å². The normalized spacial score (nSPS) is 45.7. The Kier molecular flexibility index (Phi) is 0.767. The second kappa shape index (κ2) is 1.60. The Hall–Kier alpha value is -0.820. The third kappa shape index (κ3) is 0.469. The summed E-state index contributed by atoms with van der Waals surface area (Å²) < 4.78 is 5.62. The highest BCUT2D eigenvalue weighted by Crippen LogP contribution is 2.62. The number of hydrogen-bond acceptors (Lipinski definition) is 1. The van der Waals surface area contributed by atoms with E-state index < -0.39 is 0 Å². The van der Waals surface area contributed by atoms with Gasteiger partial charge in [-0.2, -0.15) is 0 Å². The lowest BCUT2D eigenvalue weighted by atomic mass is 9.92. The molecule has 1 aromatic rings. The zero-order chi connectivity index (χ0) is 7.71. The van der Waals surface area contributed by atoms with Gasteiger partial charge in [-0.3, -0.25) is 0 Å². The van der Waals surface area contributed by atoms with Crippen LogP contribution in [0, 0.1) is 0 Å². The van der Waals surface area contributed by atoms with Crippen LogP contribution in [0.25, 0.3) is 0 Å². The van der Waals surface area contributed by atoms with Crippen LogP contribution in [-0.2, 0) is 4.74 Å². The number of hydrogen-bond donors (Lipinski definition) is 0. The molecule has 0 spiro atoms. The zero-order valence-electron chi connectivity index (χ0n) is 6.73. The van der Waals surface area contributed by atoms with E-state index in [4.69, 9.17) is 4.74 Å². The fraction of sp³-hybridized carbons (Fsp3) is 0.455. The Morgan fingerprint density at radius 2 is 1.58 bits per heavy atom. The summed E-state index contributed by atoms with van der Waals surface area (Å²) in [7, 11) is 0. The van der Waals surface area contributed by atoms with Gasteiger partial charge >= 0.3 is 0 Å². The van der Waals surface area contributed by atoms with Crippen LogP contribution < -0.4 is 0 Å². The summed E-state index contributed by atoms with van der Waals surface area (Å²) in [6.45, 7) is 0. The molecule has 1 saturated carbocycles. The van der Waals surface area contributed by atoms with Crippen LogP contribution in [0.2, 0.25) is 0 Å². The number of benzene rings is 1. The molecule has 1 saturated heterocycles. The van der Waals surface area contributed by atoms with Crippen LogP contribution in [0.1, 0.15) is 29.4 Å². The minimum Gasteiger partial charge on any atom is -0.368 e. The molecule has 4 atom stereocenters. The maximum Gasteiger partial charge on any atom is 0.0916 e. The first-order valence-corrected chi connectivity index (χ1v) is 4.69. The summed E-state index contributed by atoms with van der Waals surface area (Å²) in [5.74, 6) is 1.49. The van der Waals surface area contributed by atoms with Gasteiger partial charge in [0.05, 0.1) is 12.2 Å². The molecule has 0 aromatic heterocycles. The maximum atomic E-state index is 5.62. The first-order chi connectivity index (χ1) is 5.95. The number of epoxide rings is 1. The van der Waals surface area contributed by atoms with E-state index in [-0.39, 0.29) is 0 Å². The molecule has 0 amide bonds. The predicted molar refractivity (Wildman–Crippen MR) is 45.2 cm³/mol. The Labute approximate surface area is 71.4 Å². The summed E-state index contributed by atoms with van der Waals surface area (Å²) in [6.07, 6.45) is 2.56. The molecule has 2 fully saturated rings. The molecule has 1 nitrogen and oxygen atoms in total. The first kappa shape index (κ1) is 5.76. The second-order valence-corrected chi connectivity index (χ2v) is 4.14. The standard InChI is InChI=1S/C11H10O/c1-2-4-7-6(3-1)8-5-9(7)11-10(8)12-11/h1-4,8-11H,5H2/t8-,9+,10-,11+. The summed E-state index contributed by atoms with van der Waals surface area (Å²) in [5, 5.41) is 0. The van der Waals surface area contributed by atoms with Gasteiger partial charge in [0.15, 0.2) is 0 Å². The van der Waals surface area contributed by atoms with Crippen molar-refractivity contribution in [1.29, 1.82) is 0 Å². The van der Waals surface area contributed by atoms with Gasteiger partial charge in [0.2, 0.25) is 0 Å². The van der Waals surface area contributed by atoms with Crippen molar-refractivity contribution in [2.45, 2.75) is 30.5 Å². The van der Waals surface area contributed by atoms with Crippen molar-refractivity contribution in [3.8, 4) is 0 Å². The van der Waals surface area contributed by atoms with E-state index >= 15 is 0 Å². The summed E-state index contributed by atoms with van der Waals surface area (Å²) in [4.78, 5) is 0.